The summed E-state index contributed by atoms with van der Waals surface area (Å²) in [5.74, 6) is -12.5. The zero-order valence-corrected chi connectivity index (χ0v) is 41.6. The predicted molar refractivity (Wildman–Crippen MR) is 260 cm³/mol. The van der Waals surface area contributed by atoms with Crippen molar-refractivity contribution in [3.05, 3.63) is 29.8 Å². The van der Waals surface area contributed by atoms with Gasteiger partial charge in [-0.25, -0.2) is 4.79 Å². The number of aliphatic hydroxyl groups is 1. The second-order valence-electron chi connectivity index (χ2n) is 18.3. The number of unbranched alkanes of at least 4 members (excludes halogenated alkanes) is 1. The van der Waals surface area contributed by atoms with Crippen molar-refractivity contribution in [1.29, 1.82) is 0 Å². The number of carboxylic acid groups (broad SMARTS) is 2. The number of aromatic hydroxyl groups is 1. The zero-order valence-electron chi connectivity index (χ0n) is 41.6. The molecule has 9 atom stereocenters. The molecule has 1 fully saturated rings. The van der Waals surface area contributed by atoms with Crippen molar-refractivity contribution in [3.63, 3.8) is 0 Å². The third-order valence-corrected chi connectivity index (χ3v) is 11.7. The predicted octanol–water partition coefficient (Wildman–Crippen LogP) is -5.08. The molecule has 1 heterocycles. The van der Waals surface area contributed by atoms with Gasteiger partial charge < -0.3 is 85.5 Å². The number of carbonyl (C=O) groups excluding carboxylic acids is 10. The molecule has 28 nitrogen and oxygen atoms in total. The van der Waals surface area contributed by atoms with Crippen LogP contribution in [0.1, 0.15) is 97.0 Å². The maximum absolute atomic E-state index is 14.3. The second-order valence-corrected chi connectivity index (χ2v) is 18.3. The van der Waals surface area contributed by atoms with Crippen molar-refractivity contribution in [2.24, 2.45) is 28.9 Å². The maximum Gasteiger partial charge on any atom is 0.326 e. The van der Waals surface area contributed by atoms with E-state index in [4.69, 9.17) is 22.9 Å². The first-order valence-corrected chi connectivity index (χ1v) is 24.1. The lowest BCUT2D eigenvalue weighted by Crippen LogP contribution is -2.60. The van der Waals surface area contributed by atoms with Gasteiger partial charge in [0.25, 0.3) is 0 Å². The van der Waals surface area contributed by atoms with E-state index < -0.39 is 158 Å². The summed E-state index contributed by atoms with van der Waals surface area (Å²) in [5.41, 5.74) is 22.2. The topological polar surface area (TPSA) is 477 Å². The summed E-state index contributed by atoms with van der Waals surface area (Å²) in [6, 6.07) is -7.59. The van der Waals surface area contributed by atoms with Gasteiger partial charge in [-0.2, -0.15) is 0 Å². The quantitative estimate of drug-likeness (QED) is 0.0293. The number of hydrogen-bond acceptors (Lipinski definition) is 16. The Balaban J connectivity index is 2.29. The van der Waals surface area contributed by atoms with Gasteiger partial charge in [-0.3, -0.25) is 52.7 Å². The highest BCUT2D eigenvalue weighted by atomic mass is 16.4. The molecule has 1 aliphatic rings. The number of primary amides is 2. The third-order valence-electron chi connectivity index (χ3n) is 11.7. The Bertz CT molecular complexity index is 2160. The number of hydrogen-bond donors (Lipinski definition) is 15. The Kier molecular flexibility index (Phi) is 26.4. The van der Waals surface area contributed by atoms with Crippen LogP contribution in [-0.2, 0) is 64.0 Å². The Hall–Kier alpha value is -7.46. The molecule has 1 aromatic rings. The van der Waals surface area contributed by atoms with Crippen LogP contribution in [0.25, 0.3) is 0 Å². The molecular weight excluding hydrogens is 977 g/mol. The summed E-state index contributed by atoms with van der Waals surface area (Å²) in [5, 5.41) is 55.1. The van der Waals surface area contributed by atoms with Gasteiger partial charge >= 0.3 is 11.9 Å². The van der Waals surface area contributed by atoms with E-state index in [1.54, 1.807) is 13.8 Å². The number of phenolic OH excluding ortho intramolecular Hbond substituents is 1. The van der Waals surface area contributed by atoms with Gasteiger partial charge in [-0.05, 0) is 88.4 Å². The molecule has 2 rings (SSSR count). The van der Waals surface area contributed by atoms with Crippen LogP contribution in [0.4, 0.5) is 0 Å². The molecule has 0 aliphatic carbocycles. The number of amides is 10. The number of carbonyl (C=O) groups is 12. The highest BCUT2D eigenvalue weighted by molar-refractivity contribution is 5.99. The van der Waals surface area contributed by atoms with Gasteiger partial charge in [-0.1, -0.05) is 26.0 Å². The van der Waals surface area contributed by atoms with E-state index in [9.17, 15) is 78.0 Å². The number of benzene rings is 1. The minimum atomic E-state index is -1.85. The summed E-state index contributed by atoms with van der Waals surface area (Å²) < 4.78 is 0. The molecule has 19 N–H and O–H groups in total. The highest BCUT2D eigenvalue weighted by Gasteiger charge is 2.40. The lowest BCUT2D eigenvalue weighted by molar-refractivity contribution is -0.143. The van der Waals surface area contributed by atoms with Gasteiger partial charge in [0.15, 0.2) is 0 Å². The molecule has 0 unspecified atom stereocenters. The number of likely N-dealkylation sites (tertiary alicyclic amines) is 1. The van der Waals surface area contributed by atoms with Gasteiger partial charge in [-0.15, -0.1) is 0 Å². The number of nitrogens with two attached hydrogens (primary N) is 4. The molecule has 1 aromatic carbocycles. The molecular formula is C46H72N12O16. The molecule has 0 saturated carbocycles. The zero-order chi connectivity index (χ0) is 55.8. The molecule has 0 spiro atoms. The Labute approximate surface area is 426 Å². The number of nitrogens with one attached hydrogen (secondary N) is 7. The standard InChI is InChI=1S/C46H72N12O16/c1-23(2)19-32(56-38(65)24(3)51-43(70)31(21-37(63)64)55-41(68)29(13-15-35(49)61)52-39(66)27(48)22-59)45(72)58-18-6-8-34(58)44(71)54-28(7-4-5-17-47)40(67)53-30(14-16-36(50)62)42(69)57-33(46(73)74)20-25-9-11-26(60)12-10-25/h9-12,23-24,27-34,59-60H,4-8,13-22,47-48H2,1-3H3,(H2,49,61)(H2,50,62)(H,51,70)(H,52,66)(H,53,67)(H,54,71)(H,55,68)(H,56,65)(H,57,69)(H,63,64)(H,73,74)/t24-,27-,28-,29-,30-,31-,32-,33-,34-/m0/s1. The number of aliphatic carboxylic acids is 2. The molecule has 0 aromatic heterocycles. The highest BCUT2D eigenvalue weighted by Crippen LogP contribution is 2.22. The van der Waals surface area contributed by atoms with Crippen molar-refractivity contribution in [3.8, 4) is 5.75 Å². The number of nitrogens with zero attached hydrogens (tertiary/aromatic N) is 1. The van der Waals surface area contributed by atoms with Crippen LogP contribution in [0.3, 0.4) is 0 Å². The first kappa shape index (κ1) is 62.7. The van der Waals surface area contributed by atoms with Crippen molar-refractivity contribution in [1.82, 2.24) is 42.1 Å². The lowest BCUT2D eigenvalue weighted by atomic mass is 10.0. The molecule has 10 amide bonds. The van der Waals surface area contributed by atoms with Gasteiger partial charge in [0.1, 0.15) is 60.1 Å². The summed E-state index contributed by atoms with van der Waals surface area (Å²) in [4.78, 5) is 157. The smallest absolute Gasteiger partial charge is 0.326 e. The number of carboxylic acids is 2. The first-order valence-electron chi connectivity index (χ1n) is 24.1. The summed E-state index contributed by atoms with van der Waals surface area (Å²) >= 11 is 0. The molecule has 412 valence electrons. The van der Waals surface area contributed by atoms with E-state index >= 15 is 0 Å². The third kappa shape index (κ3) is 21.7. The van der Waals surface area contributed by atoms with Crippen LogP contribution in [0.5, 0.6) is 5.75 Å². The number of rotatable bonds is 33. The van der Waals surface area contributed by atoms with E-state index in [1.807, 2.05) is 0 Å². The van der Waals surface area contributed by atoms with Crippen LogP contribution >= 0.6 is 0 Å². The minimum absolute atomic E-state index is 0.00336. The van der Waals surface area contributed by atoms with Gasteiger partial charge in [0.2, 0.25) is 59.1 Å². The second kappa shape index (κ2) is 31.2. The minimum Gasteiger partial charge on any atom is -0.508 e. The van der Waals surface area contributed by atoms with Crippen molar-refractivity contribution in [2.45, 2.75) is 152 Å². The molecule has 28 heteroatoms. The van der Waals surface area contributed by atoms with E-state index in [2.05, 4.69) is 37.2 Å². The average Bonchev–Trinajstić information content (AvgIpc) is 3.83. The van der Waals surface area contributed by atoms with Crippen LogP contribution in [-0.4, -0.2) is 170 Å². The fourth-order valence-electron chi connectivity index (χ4n) is 7.64. The van der Waals surface area contributed by atoms with Crippen molar-refractivity contribution < 1.29 is 78.0 Å². The van der Waals surface area contributed by atoms with Crippen molar-refractivity contribution in [2.75, 3.05) is 19.7 Å². The first-order chi connectivity index (χ1) is 34.8. The summed E-state index contributed by atoms with van der Waals surface area (Å²) in [6.45, 7) is 4.17. The normalized spacial score (nSPS) is 16.4. The van der Waals surface area contributed by atoms with E-state index in [1.165, 1.54) is 36.1 Å². The lowest BCUT2D eigenvalue weighted by Gasteiger charge is -2.31. The van der Waals surface area contributed by atoms with Crippen LogP contribution in [0, 0.1) is 5.92 Å². The Morgan fingerprint density at radius 1 is 0.649 bits per heavy atom. The van der Waals surface area contributed by atoms with Crippen LogP contribution in [0.15, 0.2) is 24.3 Å². The monoisotopic (exact) mass is 1050 g/mol. The fourth-order valence-corrected chi connectivity index (χ4v) is 7.64. The molecule has 0 radical (unpaired) electrons. The van der Waals surface area contributed by atoms with E-state index in [-0.39, 0.29) is 56.9 Å². The van der Waals surface area contributed by atoms with Crippen molar-refractivity contribution >= 4 is 71.0 Å². The Morgan fingerprint density at radius 3 is 1.65 bits per heavy atom. The largest absolute Gasteiger partial charge is 0.508 e. The SMILES string of the molecule is CC(C)C[C@H](NC(=O)[C@H](C)NC(=O)[C@H](CC(=O)O)NC(=O)[C@H](CCC(N)=O)NC(=O)[C@@H](N)CO)C(=O)N1CCC[C@H]1C(=O)N[C@@H](CCCCN)C(=O)N[C@@H](CCC(N)=O)C(=O)N[C@@H](Cc1ccc(O)cc1)C(=O)O. The van der Waals surface area contributed by atoms with Gasteiger partial charge in [0.05, 0.1) is 13.0 Å². The summed E-state index contributed by atoms with van der Waals surface area (Å²) in [6.07, 6.45) is -1.59. The molecule has 0 bridgehead atoms. The molecule has 74 heavy (non-hydrogen) atoms. The fraction of sp³-hybridized carbons (Fsp3) is 0.609. The van der Waals surface area contributed by atoms with Crippen LogP contribution < -0.4 is 60.2 Å². The number of aliphatic hydroxyl groups excluding tert-OH is 1. The molecule has 1 aliphatic heterocycles. The van der Waals surface area contributed by atoms with Crippen LogP contribution in [0.2, 0.25) is 0 Å². The average molecular weight is 1050 g/mol. The van der Waals surface area contributed by atoms with Gasteiger partial charge in [0, 0.05) is 25.8 Å². The number of phenols is 1. The maximum atomic E-state index is 14.3. The van der Waals surface area contributed by atoms with E-state index in [0.717, 1.165) is 0 Å². The molecule has 1 saturated heterocycles. The Morgan fingerprint density at radius 2 is 1.15 bits per heavy atom. The van der Waals surface area contributed by atoms with E-state index in [0.29, 0.717) is 24.8 Å². The summed E-state index contributed by atoms with van der Waals surface area (Å²) in [7, 11) is 0.